The number of fused-ring (bicyclic) bond motifs is 1. The molecule has 0 radical (unpaired) electrons. The predicted octanol–water partition coefficient (Wildman–Crippen LogP) is 4.00. The summed E-state index contributed by atoms with van der Waals surface area (Å²) in [5.74, 6) is 1.51. The molecule has 1 unspecified atom stereocenters. The molecule has 1 saturated heterocycles. The van der Waals surface area contributed by atoms with Crippen molar-refractivity contribution >= 4 is 5.91 Å². The number of rotatable bonds is 4. The number of carbonyl (C=O) groups excluding carboxylic acids is 1. The van der Waals surface area contributed by atoms with Crippen molar-refractivity contribution in [3.05, 3.63) is 59.5 Å². The van der Waals surface area contributed by atoms with E-state index < -0.39 is 11.7 Å². The Labute approximate surface area is 192 Å². The average Bonchev–Trinajstić information content (AvgIpc) is 3.52. The van der Waals surface area contributed by atoms with Gasteiger partial charge < -0.3 is 18.9 Å². The second-order valence-electron chi connectivity index (χ2n) is 8.11. The number of carbonyl (C=O) groups is 1. The molecule has 1 atom stereocenters. The fourth-order valence-electron chi connectivity index (χ4n) is 4.04. The van der Waals surface area contributed by atoms with Crippen LogP contribution >= 0.6 is 0 Å². The Bertz CT molecular complexity index is 1200. The number of benzene rings is 2. The van der Waals surface area contributed by atoms with Crippen molar-refractivity contribution in [2.45, 2.75) is 19.1 Å². The van der Waals surface area contributed by atoms with Crippen LogP contribution in [-0.2, 0) is 6.18 Å². The van der Waals surface area contributed by atoms with E-state index in [0.29, 0.717) is 49.1 Å². The van der Waals surface area contributed by atoms with Crippen LogP contribution in [0.25, 0.3) is 11.4 Å². The van der Waals surface area contributed by atoms with Gasteiger partial charge in [-0.2, -0.15) is 18.2 Å². The van der Waals surface area contributed by atoms with Crippen LogP contribution in [0.15, 0.2) is 47.0 Å². The van der Waals surface area contributed by atoms with Gasteiger partial charge >= 0.3 is 6.18 Å². The summed E-state index contributed by atoms with van der Waals surface area (Å²) in [6, 6.07) is 9.70. The quantitative estimate of drug-likeness (QED) is 0.565. The fourth-order valence-corrected chi connectivity index (χ4v) is 4.04. The Kier molecular flexibility index (Phi) is 5.64. The van der Waals surface area contributed by atoms with Gasteiger partial charge in [0, 0.05) is 37.3 Å². The number of ether oxygens (including phenoxy) is 2. The average molecular weight is 474 g/mol. The van der Waals surface area contributed by atoms with Crippen LogP contribution in [-0.4, -0.2) is 58.8 Å². The standard InChI is InChI=1S/C23H21F3N4O4/c1-14(21-27-20(28-34-21)15-3-2-4-17(11-15)23(24,25)26)29-7-9-30(10-8-29)22(31)16-5-6-18-19(12-16)33-13-32-18/h2-6,11-12,14H,7-10,13H2,1H3. The van der Waals surface area contributed by atoms with E-state index in [1.807, 2.05) is 6.92 Å². The largest absolute Gasteiger partial charge is 0.454 e. The Hall–Kier alpha value is -3.60. The molecule has 178 valence electrons. The maximum Gasteiger partial charge on any atom is 0.416 e. The molecular formula is C23H21F3N4O4. The first-order chi connectivity index (χ1) is 16.3. The first kappa shape index (κ1) is 22.2. The van der Waals surface area contributed by atoms with Crippen molar-refractivity contribution < 1.29 is 32.0 Å². The number of hydrogen-bond acceptors (Lipinski definition) is 7. The molecule has 0 aliphatic carbocycles. The monoisotopic (exact) mass is 474 g/mol. The molecule has 3 heterocycles. The molecule has 34 heavy (non-hydrogen) atoms. The number of piperazine rings is 1. The van der Waals surface area contributed by atoms with Crippen LogP contribution in [0.5, 0.6) is 11.5 Å². The normalized spacial score (nSPS) is 17.1. The Morgan fingerprint density at radius 1 is 1.03 bits per heavy atom. The molecule has 11 heteroatoms. The first-order valence-corrected chi connectivity index (χ1v) is 10.7. The summed E-state index contributed by atoms with van der Waals surface area (Å²) in [5.41, 5.74) is -0.00260. The molecule has 2 aliphatic heterocycles. The molecule has 8 nitrogen and oxygen atoms in total. The van der Waals surface area contributed by atoms with Gasteiger partial charge in [0.05, 0.1) is 11.6 Å². The number of nitrogens with zero attached hydrogens (tertiary/aromatic N) is 4. The predicted molar refractivity (Wildman–Crippen MR) is 113 cm³/mol. The third kappa shape index (κ3) is 4.30. The van der Waals surface area contributed by atoms with Crippen molar-refractivity contribution in [2.24, 2.45) is 0 Å². The molecule has 0 bridgehead atoms. The number of amides is 1. The van der Waals surface area contributed by atoms with Gasteiger partial charge in [-0.3, -0.25) is 9.69 Å². The molecular weight excluding hydrogens is 453 g/mol. The summed E-state index contributed by atoms with van der Waals surface area (Å²) in [6.45, 7) is 4.21. The maximum atomic E-state index is 13.0. The third-order valence-corrected chi connectivity index (χ3v) is 6.02. The third-order valence-electron chi connectivity index (χ3n) is 6.02. The number of halogens is 3. The van der Waals surface area contributed by atoms with Crippen molar-refractivity contribution in [1.29, 1.82) is 0 Å². The Morgan fingerprint density at radius 3 is 2.56 bits per heavy atom. The minimum absolute atomic E-state index is 0.0878. The van der Waals surface area contributed by atoms with Gasteiger partial charge in [0.2, 0.25) is 18.5 Å². The van der Waals surface area contributed by atoms with E-state index in [1.165, 1.54) is 12.1 Å². The highest BCUT2D eigenvalue weighted by Crippen LogP contribution is 2.34. The van der Waals surface area contributed by atoms with Crippen molar-refractivity contribution in [3.8, 4) is 22.9 Å². The summed E-state index contributed by atoms with van der Waals surface area (Å²) in [6.07, 6.45) is -4.45. The van der Waals surface area contributed by atoms with Gasteiger partial charge in [-0.25, -0.2) is 0 Å². The van der Waals surface area contributed by atoms with Crippen molar-refractivity contribution in [1.82, 2.24) is 19.9 Å². The zero-order chi connectivity index (χ0) is 23.9. The lowest BCUT2D eigenvalue weighted by Gasteiger charge is -2.36. The van der Waals surface area contributed by atoms with E-state index in [4.69, 9.17) is 14.0 Å². The molecule has 1 aromatic heterocycles. The molecule has 2 aliphatic rings. The fraction of sp³-hybridized carbons (Fsp3) is 0.348. The number of alkyl halides is 3. The van der Waals surface area contributed by atoms with Gasteiger partial charge in [0.25, 0.3) is 5.91 Å². The summed E-state index contributed by atoms with van der Waals surface area (Å²) < 4.78 is 55.0. The van der Waals surface area contributed by atoms with Gasteiger partial charge in [0.15, 0.2) is 11.5 Å². The summed E-state index contributed by atoms with van der Waals surface area (Å²) in [7, 11) is 0. The Morgan fingerprint density at radius 2 is 1.79 bits per heavy atom. The van der Waals surface area contributed by atoms with Crippen molar-refractivity contribution in [2.75, 3.05) is 33.0 Å². The number of hydrogen-bond donors (Lipinski definition) is 0. The van der Waals surface area contributed by atoms with Crippen LogP contribution in [0.3, 0.4) is 0 Å². The second-order valence-corrected chi connectivity index (χ2v) is 8.11. The molecule has 5 rings (SSSR count). The van der Waals surface area contributed by atoms with E-state index in [9.17, 15) is 18.0 Å². The SMILES string of the molecule is CC(c1nc(-c2cccc(C(F)(F)F)c2)no1)N1CCN(C(=O)c2ccc3c(c2)OCO3)CC1. The van der Waals surface area contributed by atoms with Gasteiger partial charge in [-0.1, -0.05) is 17.3 Å². The van der Waals surface area contributed by atoms with E-state index in [-0.39, 0.29) is 30.1 Å². The topological polar surface area (TPSA) is 80.9 Å². The lowest BCUT2D eigenvalue weighted by Crippen LogP contribution is -2.49. The highest BCUT2D eigenvalue weighted by molar-refractivity contribution is 5.95. The minimum atomic E-state index is -4.45. The number of aromatic nitrogens is 2. The zero-order valence-electron chi connectivity index (χ0n) is 18.2. The maximum absolute atomic E-state index is 13.0. The minimum Gasteiger partial charge on any atom is -0.454 e. The second kappa shape index (κ2) is 8.64. The first-order valence-electron chi connectivity index (χ1n) is 10.7. The van der Waals surface area contributed by atoms with E-state index in [2.05, 4.69) is 15.0 Å². The molecule has 1 fully saturated rings. The lowest BCUT2D eigenvalue weighted by molar-refractivity contribution is -0.137. The van der Waals surface area contributed by atoms with Crippen molar-refractivity contribution in [3.63, 3.8) is 0 Å². The highest BCUT2D eigenvalue weighted by Gasteiger charge is 2.32. The van der Waals surface area contributed by atoms with Crippen LogP contribution in [0.2, 0.25) is 0 Å². The summed E-state index contributed by atoms with van der Waals surface area (Å²) in [4.78, 5) is 21.1. The van der Waals surface area contributed by atoms with Crippen LogP contribution in [0, 0.1) is 0 Å². The van der Waals surface area contributed by atoms with E-state index >= 15 is 0 Å². The molecule has 0 saturated carbocycles. The van der Waals surface area contributed by atoms with Gasteiger partial charge in [-0.05, 0) is 37.3 Å². The van der Waals surface area contributed by atoms with Gasteiger partial charge in [-0.15, -0.1) is 0 Å². The molecule has 3 aromatic rings. The molecule has 0 N–H and O–H groups in total. The summed E-state index contributed by atoms with van der Waals surface area (Å²) >= 11 is 0. The highest BCUT2D eigenvalue weighted by atomic mass is 19.4. The molecule has 2 aromatic carbocycles. The summed E-state index contributed by atoms with van der Waals surface area (Å²) in [5, 5.41) is 3.87. The lowest BCUT2D eigenvalue weighted by atomic mass is 10.1. The smallest absolute Gasteiger partial charge is 0.416 e. The molecule has 0 spiro atoms. The van der Waals surface area contributed by atoms with Crippen LogP contribution in [0.1, 0.15) is 34.8 Å². The van der Waals surface area contributed by atoms with E-state index in [1.54, 1.807) is 23.1 Å². The van der Waals surface area contributed by atoms with E-state index in [0.717, 1.165) is 12.1 Å². The Balaban J connectivity index is 1.22. The van der Waals surface area contributed by atoms with Crippen LogP contribution in [0.4, 0.5) is 13.2 Å². The zero-order valence-corrected chi connectivity index (χ0v) is 18.2. The molecule has 1 amide bonds. The van der Waals surface area contributed by atoms with Gasteiger partial charge in [0.1, 0.15) is 0 Å². The van der Waals surface area contributed by atoms with Crippen LogP contribution < -0.4 is 9.47 Å².